The number of benzene rings is 2. The summed E-state index contributed by atoms with van der Waals surface area (Å²) in [6.07, 6.45) is 0. The minimum atomic E-state index is -0.348. The molecule has 0 aliphatic rings. The molecule has 0 bridgehead atoms. The Morgan fingerprint density at radius 3 is 2.68 bits per heavy atom. The van der Waals surface area contributed by atoms with Gasteiger partial charge in [0.2, 0.25) is 0 Å². The molecule has 7 heteroatoms. The van der Waals surface area contributed by atoms with Crippen LogP contribution in [-0.2, 0) is 7.05 Å². The minimum Gasteiger partial charge on any atom is -0.322 e. The summed E-state index contributed by atoms with van der Waals surface area (Å²) in [5.74, 6) is -0.348. The first-order valence-electron chi connectivity index (χ1n) is 6.41. The summed E-state index contributed by atoms with van der Waals surface area (Å²) in [6.45, 7) is 0. The Morgan fingerprint density at radius 1 is 1.18 bits per heavy atom. The van der Waals surface area contributed by atoms with Crippen molar-refractivity contribution in [3.05, 3.63) is 62.5 Å². The molecule has 2 aromatic carbocycles. The van der Waals surface area contributed by atoms with Gasteiger partial charge in [-0.2, -0.15) is 0 Å². The molecule has 0 aliphatic carbocycles. The fourth-order valence-corrected chi connectivity index (χ4v) is 2.68. The number of aromatic amines is 1. The van der Waals surface area contributed by atoms with Gasteiger partial charge in [-0.25, -0.2) is 4.79 Å². The number of carbonyl (C=O) groups excluding carboxylic acids is 1. The number of nitrogens with zero attached hydrogens (tertiary/aromatic N) is 1. The van der Waals surface area contributed by atoms with Gasteiger partial charge in [-0.15, -0.1) is 0 Å². The standard InChI is InChI=1S/C15H11Cl2N3O2/c1-20-13-5-3-9(7-12(13)19-15(20)22)18-14(21)10-4-2-8(16)6-11(10)17/h2-7H,1H3,(H,18,21)(H,19,22). The Morgan fingerprint density at radius 2 is 1.95 bits per heavy atom. The first-order chi connectivity index (χ1) is 10.5. The van der Waals surface area contributed by atoms with E-state index in [0.29, 0.717) is 21.8 Å². The molecule has 0 saturated heterocycles. The van der Waals surface area contributed by atoms with Crippen LogP contribution < -0.4 is 11.0 Å². The molecule has 1 heterocycles. The predicted octanol–water partition coefficient (Wildman–Crippen LogP) is 3.43. The number of hydrogen-bond acceptors (Lipinski definition) is 2. The number of nitrogens with one attached hydrogen (secondary N) is 2. The second-order valence-corrected chi connectivity index (χ2v) is 5.64. The van der Waals surface area contributed by atoms with E-state index in [1.807, 2.05) is 0 Å². The van der Waals surface area contributed by atoms with Gasteiger partial charge in [0.25, 0.3) is 5.91 Å². The number of aryl methyl sites for hydroxylation is 1. The van der Waals surface area contributed by atoms with Crippen molar-refractivity contribution < 1.29 is 4.79 Å². The molecule has 3 rings (SSSR count). The van der Waals surface area contributed by atoms with Crippen molar-refractivity contribution in [2.45, 2.75) is 0 Å². The molecule has 0 saturated carbocycles. The zero-order valence-electron chi connectivity index (χ0n) is 11.5. The molecule has 0 aliphatic heterocycles. The minimum absolute atomic E-state index is 0.209. The van der Waals surface area contributed by atoms with Crippen molar-refractivity contribution in [1.82, 2.24) is 9.55 Å². The molecule has 0 unspecified atom stereocenters. The molecule has 3 aromatic rings. The highest BCUT2D eigenvalue weighted by Gasteiger charge is 2.12. The lowest BCUT2D eigenvalue weighted by molar-refractivity contribution is 0.102. The number of imidazole rings is 1. The molecule has 0 atom stereocenters. The van der Waals surface area contributed by atoms with E-state index < -0.39 is 0 Å². The van der Waals surface area contributed by atoms with Crippen LogP contribution in [-0.4, -0.2) is 15.5 Å². The van der Waals surface area contributed by atoms with Crippen LogP contribution in [0.5, 0.6) is 0 Å². The van der Waals surface area contributed by atoms with Crippen LogP contribution in [0.3, 0.4) is 0 Å². The van der Waals surface area contributed by atoms with E-state index in [1.54, 1.807) is 37.4 Å². The Bertz CT molecular complexity index is 944. The van der Waals surface area contributed by atoms with Gasteiger partial charge in [0, 0.05) is 17.8 Å². The number of carbonyl (C=O) groups is 1. The van der Waals surface area contributed by atoms with Crippen LogP contribution in [0.15, 0.2) is 41.2 Å². The largest absolute Gasteiger partial charge is 0.326 e. The highest BCUT2D eigenvalue weighted by atomic mass is 35.5. The van der Waals surface area contributed by atoms with Gasteiger partial charge in [0.05, 0.1) is 21.6 Å². The average molecular weight is 336 g/mol. The van der Waals surface area contributed by atoms with Gasteiger partial charge >= 0.3 is 5.69 Å². The summed E-state index contributed by atoms with van der Waals surface area (Å²) < 4.78 is 1.50. The molecule has 0 radical (unpaired) electrons. The van der Waals surface area contributed by atoms with Crippen molar-refractivity contribution in [3.8, 4) is 0 Å². The fraction of sp³-hybridized carbons (Fsp3) is 0.0667. The molecular weight excluding hydrogens is 325 g/mol. The third kappa shape index (κ3) is 2.61. The Kier molecular flexibility index (Phi) is 3.68. The first-order valence-corrected chi connectivity index (χ1v) is 7.16. The van der Waals surface area contributed by atoms with Crippen molar-refractivity contribution in [3.63, 3.8) is 0 Å². The smallest absolute Gasteiger partial charge is 0.322 e. The second-order valence-electron chi connectivity index (χ2n) is 4.80. The van der Waals surface area contributed by atoms with E-state index in [0.717, 1.165) is 5.52 Å². The summed E-state index contributed by atoms with van der Waals surface area (Å²) >= 11 is 11.8. The van der Waals surface area contributed by atoms with Crippen molar-refractivity contribution in [1.29, 1.82) is 0 Å². The maximum atomic E-state index is 12.2. The summed E-state index contributed by atoms with van der Waals surface area (Å²) in [6, 6.07) is 9.83. The third-order valence-corrected chi connectivity index (χ3v) is 3.89. The zero-order chi connectivity index (χ0) is 15.9. The highest BCUT2D eigenvalue weighted by molar-refractivity contribution is 6.37. The lowest BCUT2D eigenvalue weighted by Gasteiger charge is -2.07. The van der Waals surface area contributed by atoms with E-state index in [2.05, 4.69) is 10.3 Å². The lowest BCUT2D eigenvalue weighted by atomic mass is 10.2. The predicted molar refractivity (Wildman–Crippen MR) is 88.0 cm³/mol. The SMILES string of the molecule is Cn1c(=O)[nH]c2cc(NC(=O)c3ccc(Cl)cc3Cl)ccc21. The van der Waals surface area contributed by atoms with E-state index >= 15 is 0 Å². The number of H-pyrrole nitrogens is 1. The van der Waals surface area contributed by atoms with Crippen LogP contribution in [0.1, 0.15) is 10.4 Å². The van der Waals surface area contributed by atoms with Crippen LogP contribution in [0.25, 0.3) is 11.0 Å². The molecule has 5 nitrogen and oxygen atoms in total. The number of fused-ring (bicyclic) bond motifs is 1. The summed E-state index contributed by atoms with van der Waals surface area (Å²) in [5.41, 5.74) is 2.08. The van der Waals surface area contributed by atoms with Gasteiger partial charge in [0.1, 0.15) is 0 Å². The molecule has 1 aromatic heterocycles. The van der Waals surface area contributed by atoms with Gasteiger partial charge in [-0.1, -0.05) is 23.2 Å². The number of hydrogen-bond donors (Lipinski definition) is 2. The van der Waals surface area contributed by atoms with Gasteiger partial charge in [0.15, 0.2) is 0 Å². The highest BCUT2D eigenvalue weighted by Crippen LogP contribution is 2.23. The van der Waals surface area contributed by atoms with Crippen molar-refractivity contribution in [2.24, 2.45) is 7.05 Å². The summed E-state index contributed by atoms with van der Waals surface area (Å²) in [7, 11) is 1.67. The van der Waals surface area contributed by atoms with E-state index in [-0.39, 0.29) is 16.6 Å². The number of amides is 1. The Labute approximate surface area is 135 Å². The average Bonchev–Trinajstić information content (AvgIpc) is 2.73. The molecular formula is C15H11Cl2N3O2. The quantitative estimate of drug-likeness (QED) is 0.753. The van der Waals surface area contributed by atoms with Crippen molar-refractivity contribution >= 4 is 45.8 Å². The van der Waals surface area contributed by atoms with Crippen LogP contribution in [0, 0.1) is 0 Å². The third-order valence-electron chi connectivity index (χ3n) is 3.34. The van der Waals surface area contributed by atoms with Crippen molar-refractivity contribution in [2.75, 3.05) is 5.32 Å². The maximum absolute atomic E-state index is 12.2. The van der Waals surface area contributed by atoms with Gasteiger partial charge in [-0.3, -0.25) is 9.36 Å². The van der Waals surface area contributed by atoms with Gasteiger partial charge < -0.3 is 10.3 Å². The first kappa shape index (κ1) is 14.7. The molecule has 1 amide bonds. The van der Waals surface area contributed by atoms with Crippen LogP contribution >= 0.6 is 23.2 Å². The topological polar surface area (TPSA) is 66.9 Å². The van der Waals surface area contributed by atoms with E-state index in [4.69, 9.17) is 23.2 Å². The monoisotopic (exact) mass is 335 g/mol. The molecule has 0 fully saturated rings. The molecule has 0 spiro atoms. The van der Waals surface area contributed by atoms with Gasteiger partial charge in [-0.05, 0) is 36.4 Å². The van der Waals surface area contributed by atoms with E-state index in [1.165, 1.54) is 10.6 Å². The normalized spacial score (nSPS) is 10.9. The number of aromatic nitrogens is 2. The molecule has 2 N–H and O–H groups in total. The lowest BCUT2D eigenvalue weighted by Crippen LogP contribution is -2.12. The number of halogens is 2. The second kappa shape index (κ2) is 5.51. The summed E-state index contributed by atoms with van der Waals surface area (Å²) in [4.78, 5) is 26.5. The molecule has 112 valence electrons. The Hall–Kier alpha value is -2.24. The zero-order valence-corrected chi connectivity index (χ0v) is 13.0. The molecule has 22 heavy (non-hydrogen) atoms. The summed E-state index contributed by atoms with van der Waals surface area (Å²) in [5, 5.41) is 3.48. The maximum Gasteiger partial charge on any atom is 0.326 e. The fourth-order valence-electron chi connectivity index (χ4n) is 2.19. The van der Waals surface area contributed by atoms with Crippen LogP contribution in [0.4, 0.5) is 5.69 Å². The Balaban J connectivity index is 1.92. The number of rotatable bonds is 2. The number of anilines is 1. The van der Waals surface area contributed by atoms with Crippen LogP contribution in [0.2, 0.25) is 10.0 Å². The van der Waals surface area contributed by atoms with E-state index in [9.17, 15) is 9.59 Å².